The number of aryl methyl sites for hydroxylation is 1. The van der Waals surface area contributed by atoms with E-state index in [2.05, 4.69) is 0 Å². The molecule has 1 amide bonds. The molecule has 7 nitrogen and oxygen atoms in total. The molecule has 10 heteroatoms. The molecule has 2 aromatic rings. The lowest BCUT2D eigenvalue weighted by Gasteiger charge is -2.27. The molecule has 0 unspecified atom stereocenters. The Morgan fingerprint density at radius 1 is 1.22 bits per heavy atom. The van der Waals surface area contributed by atoms with Gasteiger partial charge in [-0.2, -0.15) is 4.31 Å². The van der Waals surface area contributed by atoms with Gasteiger partial charge in [0.25, 0.3) is 10.0 Å². The first-order valence-electron chi connectivity index (χ1n) is 10.5. The van der Waals surface area contributed by atoms with Crippen molar-refractivity contribution >= 4 is 44.8 Å². The van der Waals surface area contributed by atoms with Crippen LogP contribution in [0.1, 0.15) is 46.6 Å². The maximum atomic E-state index is 13.2. The molecule has 174 valence electrons. The first-order valence-corrected chi connectivity index (χ1v) is 13.1. The fraction of sp³-hybridized carbons (Fsp3) is 0.455. The van der Waals surface area contributed by atoms with Gasteiger partial charge in [-0.3, -0.25) is 4.79 Å². The van der Waals surface area contributed by atoms with Crippen LogP contribution in [-0.2, 0) is 38.9 Å². The molecule has 1 aromatic heterocycles. The lowest BCUT2D eigenvalue weighted by Crippen LogP contribution is -2.36. The number of hydrogen-bond acceptors (Lipinski definition) is 6. The van der Waals surface area contributed by atoms with Crippen molar-refractivity contribution < 1.29 is 22.7 Å². The quantitative estimate of drug-likeness (QED) is 0.518. The van der Waals surface area contributed by atoms with Crippen LogP contribution in [0, 0.1) is 0 Å². The van der Waals surface area contributed by atoms with E-state index >= 15 is 0 Å². The van der Waals surface area contributed by atoms with Gasteiger partial charge in [-0.1, -0.05) is 43.6 Å². The number of thiophene rings is 1. The molecule has 2 heterocycles. The van der Waals surface area contributed by atoms with Gasteiger partial charge in [-0.15, -0.1) is 11.3 Å². The molecule has 0 N–H and O–H groups in total. The molecule has 0 bridgehead atoms. The van der Waals surface area contributed by atoms with Gasteiger partial charge in [0, 0.05) is 36.0 Å². The number of fused-ring (bicyclic) bond motifs is 1. The molecule has 0 spiro atoms. The number of halogens is 1. The average molecular weight is 499 g/mol. The van der Waals surface area contributed by atoms with Crippen LogP contribution in [0.3, 0.4) is 0 Å². The number of benzene rings is 1. The predicted octanol–water partition coefficient (Wildman–Crippen LogP) is 3.74. The Balaban J connectivity index is 1.86. The Bertz CT molecular complexity index is 1110. The second kappa shape index (κ2) is 10.3. The molecule has 0 radical (unpaired) electrons. The summed E-state index contributed by atoms with van der Waals surface area (Å²) in [6.45, 7) is 4.81. The normalized spacial score (nSPS) is 13.8. The minimum atomic E-state index is -3.84. The van der Waals surface area contributed by atoms with Gasteiger partial charge in [0.05, 0.1) is 19.2 Å². The molecule has 1 aliphatic rings. The number of carbonyl (C=O) groups excluding carboxylic acids is 2. The zero-order valence-corrected chi connectivity index (χ0v) is 20.8. The number of amides is 1. The molecular formula is C22H27ClN2O5S2. The average Bonchev–Trinajstić information content (AvgIpc) is 3.18. The number of ether oxygens (including phenoxy) is 1. The van der Waals surface area contributed by atoms with Crippen LogP contribution in [0.5, 0.6) is 0 Å². The maximum absolute atomic E-state index is 13.2. The van der Waals surface area contributed by atoms with E-state index in [1.54, 1.807) is 24.8 Å². The van der Waals surface area contributed by atoms with Crippen LogP contribution in [0.25, 0.3) is 0 Å². The van der Waals surface area contributed by atoms with E-state index in [1.165, 1.54) is 11.4 Å². The van der Waals surface area contributed by atoms with Crippen LogP contribution < -0.4 is 0 Å². The third-order valence-electron chi connectivity index (χ3n) is 5.61. The molecular weight excluding hydrogens is 472 g/mol. The highest BCUT2D eigenvalue weighted by atomic mass is 35.5. The van der Waals surface area contributed by atoms with Gasteiger partial charge in [0.15, 0.2) is 0 Å². The van der Waals surface area contributed by atoms with Crippen LogP contribution >= 0.6 is 22.9 Å². The van der Waals surface area contributed by atoms with E-state index in [9.17, 15) is 18.0 Å². The summed E-state index contributed by atoms with van der Waals surface area (Å²) < 4.78 is 32.6. The fourth-order valence-electron chi connectivity index (χ4n) is 3.86. The van der Waals surface area contributed by atoms with E-state index in [4.69, 9.17) is 16.3 Å². The summed E-state index contributed by atoms with van der Waals surface area (Å²) in [5, 5.41) is 0.633. The SMILES string of the molecule is CCN(CC)S(=O)(=O)c1sc2c(c1C(=O)OC)CCN(C(=O)CCc1ccccc1Cl)C2. The molecule has 0 aliphatic carbocycles. The van der Waals surface area contributed by atoms with Crippen LogP contribution in [0.15, 0.2) is 28.5 Å². The van der Waals surface area contributed by atoms with E-state index in [0.29, 0.717) is 54.4 Å². The third kappa shape index (κ3) is 4.85. The molecule has 0 saturated heterocycles. The van der Waals surface area contributed by atoms with Crippen molar-refractivity contribution in [3.8, 4) is 0 Å². The van der Waals surface area contributed by atoms with Gasteiger partial charge in [-0.05, 0) is 30.0 Å². The van der Waals surface area contributed by atoms with Gasteiger partial charge < -0.3 is 9.64 Å². The maximum Gasteiger partial charge on any atom is 0.340 e. The lowest BCUT2D eigenvalue weighted by molar-refractivity contribution is -0.132. The van der Waals surface area contributed by atoms with Crippen LogP contribution in [0.4, 0.5) is 0 Å². The van der Waals surface area contributed by atoms with Crippen molar-refractivity contribution in [2.75, 3.05) is 26.7 Å². The summed E-state index contributed by atoms with van der Waals surface area (Å²) in [5.41, 5.74) is 1.70. The Kier molecular flexibility index (Phi) is 7.97. The summed E-state index contributed by atoms with van der Waals surface area (Å²) in [6, 6.07) is 7.43. The number of carbonyl (C=O) groups is 2. The molecule has 32 heavy (non-hydrogen) atoms. The fourth-order valence-corrected chi connectivity index (χ4v) is 7.59. The third-order valence-corrected chi connectivity index (χ3v) is 9.74. The number of rotatable bonds is 8. The van der Waals surface area contributed by atoms with Crippen LogP contribution in [-0.4, -0.2) is 56.2 Å². The van der Waals surface area contributed by atoms with Gasteiger partial charge in [0.1, 0.15) is 4.21 Å². The van der Waals surface area contributed by atoms with E-state index < -0.39 is 16.0 Å². The first-order chi connectivity index (χ1) is 15.2. The Morgan fingerprint density at radius 3 is 2.53 bits per heavy atom. The minimum Gasteiger partial charge on any atom is -0.465 e. The van der Waals surface area contributed by atoms with Gasteiger partial charge >= 0.3 is 5.97 Å². The van der Waals surface area contributed by atoms with Gasteiger partial charge in [0.2, 0.25) is 5.91 Å². The number of nitrogens with zero attached hydrogens (tertiary/aromatic N) is 2. The van der Waals surface area contributed by atoms with Crippen molar-refractivity contribution in [1.29, 1.82) is 0 Å². The van der Waals surface area contributed by atoms with Crippen molar-refractivity contribution in [1.82, 2.24) is 9.21 Å². The van der Waals surface area contributed by atoms with Gasteiger partial charge in [-0.25, -0.2) is 13.2 Å². The number of methoxy groups -OCH3 is 1. The van der Waals surface area contributed by atoms with Crippen molar-refractivity contribution in [3.63, 3.8) is 0 Å². The summed E-state index contributed by atoms with van der Waals surface area (Å²) in [7, 11) is -2.59. The Hall–Kier alpha value is -1.94. The second-order valence-electron chi connectivity index (χ2n) is 7.40. The highest BCUT2D eigenvalue weighted by Gasteiger charge is 2.36. The molecule has 0 fully saturated rings. The smallest absolute Gasteiger partial charge is 0.340 e. The van der Waals surface area contributed by atoms with E-state index in [-0.39, 0.29) is 22.2 Å². The monoisotopic (exact) mass is 498 g/mol. The standard InChI is InChI=1S/C22H27ClN2O5S2/c1-4-25(5-2)32(28,29)22-20(21(27)30-3)16-12-13-24(14-18(16)31-22)19(26)11-10-15-8-6-7-9-17(15)23/h6-9H,4-5,10-14H2,1-3H3. The molecule has 1 aliphatic heterocycles. The highest BCUT2D eigenvalue weighted by molar-refractivity contribution is 7.91. The Morgan fingerprint density at radius 2 is 1.91 bits per heavy atom. The van der Waals surface area contributed by atoms with Crippen molar-refractivity contribution in [2.24, 2.45) is 0 Å². The highest BCUT2D eigenvalue weighted by Crippen LogP contribution is 2.38. The zero-order chi connectivity index (χ0) is 23.5. The minimum absolute atomic E-state index is 0.00316. The van der Waals surface area contributed by atoms with Crippen LogP contribution in [0.2, 0.25) is 5.02 Å². The predicted molar refractivity (Wildman–Crippen MR) is 125 cm³/mol. The summed E-state index contributed by atoms with van der Waals surface area (Å²) in [6.07, 6.45) is 1.24. The van der Waals surface area contributed by atoms with Crippen molar-refractivity contribution in [3.05, 3.63) is 50.9 Å². The number of hydrogen-bond donors (Lipinski definition) is 0. The summed E-state index contributed by atoms with van der Waals surface area (Å²) in [5.74, 6) is -0.691. The zero-order valence-electron chi connectivity index (χ0n) is 18.4. The largest absolute Gasteiger partial charge is 0.465 e. The second-order valence-corrected chi connectivity index (χ2v) is 11.0. The Labute approximate surface area is 198 Å². The van der Waals surface area contributed by atoms with E-state index in [1.807, 2.05) is 18.2 Å². The summed E-state index contributed by atoms with van der Waals surface area (Å²) >= 11 is 7.25. The molecule has 3 rings (SSSR count). The molecule has 0 saturated carbocycles. The lowest BCUT2D eigenvalue weighted by atomic mass is 10.0. The molecule has 0 atom stereocenters. The van der Waals surface area contributed by atoms with Crippen molar-refractivity contribution in [2.45, 2.75) is 43.9 Å². The molecule has 1 aromatic carbocycles. The first kappa shape index (κ1) is 24.7. The number of sulfonamides is 1. The topological polar surface area (TPSA) is 84.0 Å². The summed E-state index contributed by atoms with van der Waals surface area (Å²) in [4.78, 5) is 27.8. The number of esters is 1. The van der Waals surface area contributed by atoms with E-state index in [0.717, 1.165) is 16.9 Å².